The van der Waals surface area contributed by atoms with E-state index < -0.39 is 0 Å². The molecule has 1 N–H and O–H groups in total. The van der Waals surface area contributed by atoms with Crippen LogP contribution in [0.1, 0.15) is 36.9 Å². The number of thiazole rings is 1. The Balaban J connectivity index is 1.76. The Morgan fingerprint density at radius 3 is 2.88 bits per heavy atom. The van der Waals surface area contributed by atoms with Gasteiger partial charge in [0.1, 0.15) is 0 Å². The van der Waals surface area contributed by atoms with E-state index in [1.54, 1.807) is 11.3 Å². The molecule has 1 aromatic heterocycles. The predicted molar refractivity (Wildman–Crippen MR) is 71.5 cm³/mol. The Labute approximate surface area is 107 Å². The Morgan fingerprint density at radius 1 is 1.41 bits per heavy atom. The summed E-state index contributed by atoms with van der Waals surface area (Å²) in [5, 5.41) is 12.6. The first kappa shape index (κ1) is 13.0. The monoisotopic (exact) mass is 254 g/mol. The number of nitrogens with zero attached hydrogens (tertiary/aromatic N) is 2. The number of hydrogen-bond donors (Lipinski definition) is 1. The summed E-state index contributed by atoms with van der Waals surface area (Å²) in [7, 11) is 0. The summed E-state index contributed by atoms with van der Waals surface area (Å²) < 4.78 is 0. The number of aromatic nitrogens is 1. The van der Waals surface area contributed by atoms with E-state index in [0.717, 1.165) is 18.7 Å². The lowest BCUT2D eigenvalue weighted by Crippen LogP contribution is -2.31. The maximum Gasteiger partial charge on any atom is 0.0941 e. The van der Waals surface area contributed by atoms with Crippen LogP contribution in [-0.4, -0.2) is 40.7 Å². The van der Waals surface area contributed by atoms with Crippen LogP contribution in [0.15, 0.2) is 5.38 Å². The van der Waals surface area contributed by atoms with Crippen LogP contribution in [0, 0.1) is 0 Å². The molecule has 0 aliphatic carbocycles. The van der Waals surface area contributed by atoms with Crippen LogP contribution in [0.3, 0.4) is 0 Å². The molecule has 0 radical (unpaired) electrons. The molecule has 1 unspecified atom stereocenters. The highest BCUT2D eigenvalue weighted by molar-refractivity contribution is 7.09. The third-order valence-electron chi connectivity index (χ3n) is 3.19. The zero-order valence-corrected chi connectivity index (χ0v) is 11.4. The number of rotatable bonds is 5. The van der Waals surface area contributed by atoms with Crippen molar-refractivity contribution >= 4 is 11.3 Å². The first-order valence-electron chi connectivity index (χ1n) is 6.58. The largest absolute Gasteiger partial charge is 0.393 e. The lowest BCUT2D eigenvalue weighted by atomic mass is 10.1. The summed E-state index contributed by atoms with van der Waals surface area (Å²) in [6, 6.07) is 0. The standard InChI is InChI=1S/C13H22N2OS/c1-11(16)9-12-10-17-13(14-12)5-8-15-6-3-2-4-7-15/h10-11,16H,2-9H2,1H3. The number of aliphatic hydroxyl groups excluding tert-OH is 1. The fourth-order valence-corrected chi connectivity index (χ4v) is 3.10. The molecule has 2 heterocycles. The van der Waals surface area contributed by atoms with Crippen molar-refractivity contribution in [1.29, 1.82) is 0 Å². The van der Waals surface area contributed by atoms with Crippen molar-refractivity contribution in [2.24, 2.45) is 0 Å². The van der Waals surface area contributed by atoms with Gasteiger partial charge in [0.15, 0.2) is 0 Å². The van der Waals surface area contributed by atoms with Crippen LogP contribution in [0.5, 0.6) is 0 Å². The van der Waals surface area contributed by atoms with Gasteiger partial charge in [0.2, 0.25) is 0 Å². The molecule has 0 saturated carbocycles. The summed E-state index contributed by atoms with van der Waals surface area (Å²) in [6.07, 6.45) is 5.56. The van der Waals surface area contributed by atoms with Crippen LogP contribution in [0.25, 0.3) is 0 Å². The summed E-state index contributed by atoms with van der Waals surface area (Å²) in [6.45, 7) is 5.46. The van der Waals surface area contributed by atoms with Gasteiger partial charge in [-0.15, -0.1) is 11.3 Å². The number of likely N-dealkylation sites (tertiary alicyclic amines) is 1. The maximum absolute atomic E-state index is 9.31. The average molecular weight is 254 g/mol. The van der Waals surface area contributed by atoms with Gasteiger partial charge < -0.3 is 10.0 Å². The molecule has 1 atom stereocenters. The molecule has 0 bridgehead atoms. The topological polar surface area (TPSA) is 36.4 Å². The molecule has 3 nitrogen and oxygen atoms in total. The van der Waals surface area contributed by atoms with Crippen LogP contribution in [-0.2, 0) is 12.8 Å². The van der Waals surface area contributed by atoms with Gasteiger partial charge in [-0.25, -0.2) is 4.98 Å². The van der Waals surface area contributed by atoms with E-state index in [-0.39, 0.29) is 6.10 Å². The highest BCUT2D eigenvalue weighted by Crippen LogP contribution is 2.14. The molecule has 0 aromatic carbocycles. The van der Waals surface area contributed by atoms with Gasteiger partial charge >= 0.3 is 0 Å². The molecule has 0 amide bonds. The fourth-order valence-electron chi connectivity index (χ4n) is 2.30. The molecule has 2 rings (SSSR count). The van der Waals surface area contributed by atoms with Crippen LogP contribution < -0.4 is 0 Å². The van der Waals surface area contributed by atoms with Gasteiger partial charge in [0.25, 0.3) is 0 Å². The van der Waals surface area contributed by atoms with Gasteiger partial charge in [-0.3, -0.25) is 0 Å². The number of hydrogen-bond acceptors (Lipinski definition) is 4. The van der Waals surface area contributed by atoms with E-state index in [2.05, 4.69) is 15.3 Å². The van der Waals surface area contributed by atoms with Crippen LogP contribution in [0.2, 0.25) is 0 Å². The zero-order chi connectivity index (χ0) is 12.1. The number of piperidine rings is 1. The predicted octanol–water partition coefficient (Wildman–Crippen LogP) is 2.09. The van der Waals surface area contributed by atoms with Gasteiger partial charge in [0, 0.05) is 24.8 Å². The van der Waals surface area contributed by atoms with Crippen molar-refractivity contribution in [2.75, 3.05) is 19.6 Å². The quantitative estimate of drug-likeness (QED) is 0.874. The third kappa shape index (κ3) is 4.37. The van der Waals surface area contributed by atoms with E-state index in [1.807, 2.05) is 6.92 Å². The maximum atomic E-state index is 9.31. The summed E-state index contributed by atoms with van der Waals surface area (Å²) in [5.41, 5.74) is 1.04. The smallest absolute Gasteiger partial charge is 0.0941 e. The molecule has 1 aliphatic heterocycles. The molecule has 1 aliphatic rings. The van der Waals surface area contributed by atoms with E-state index in [9.17, 15) is 5.11 Å². The van der Waals surface area contributed by atoms with E-state index in [4.69, 9.17) is 0 Å². The second kappa shape index (κ2) is 6.47. The van der Waals surface area contributed by atoms with Crippen molar-refractivity contribution in [3.05, 3.63) is 16.1 Å². The normalized spacial score (nSPS) is 19.4. The lowest BCUT2D eigenvalue weighted by Gasteiger charge is -2.25. The minimum Gasteiger partial charge on any atom is -0.393 e. The Bertz CT molecular complexity index is 332. The zero-order valence-electron chi connectivity index (χ0n) is 10.6. The van der Waals surface area contributed by atoms with Crippen LogP contribution in [0.4, 0.5) is 0 Å². The molecule has 1 saturated heterocycles. The van der Waals surface area contributed by atoms with Crippen molar-refractivity contribution in [2.45, 2.75) is 45.1 Å². The SMILES string of the molecule is CC(O)Cc1csc(CCN2CCCCC2)n1. The number of aliphatic hydroxyl groups is 1. The minimum absolute atomic E-state index is 0.285. The summed E-state index contributed by atoms with van der Waals surface area (Å²) in [4.78, 5) is 7.11. The van der Waals surface area contributed by atoms with Gasteiger partial charge in [-0.05, 0) is 32.9 Å². The Morgan fingerprint density at radius 2 is 2.18 bits per heavy atom. The van der Waals surface area contributed by atoms with Crippen molar-refractivity contribution in [3.63, 3.8) is 0 Å². The van der Waals surface area contributed by atoms with Gasteiger partial charge in [-0.1, -0.05) is 6.42 Å². The summed E-state index contributed by atoms with van der Waals surface area (Å²) in [5.74, 6) is 0. The first-order chi connectivity index (χ1) is 8.24. The van der Waals surface area contributed by atoms with Gasteiger partial charge in [0.05, 0.1) is 16.8 Å². The van der Waals surface area contributed by atoms with E-state index in [0.29, 0.717) is 6.42 Å². The molecule has 96 valence electrons. The second-order valence-electron chi connectivity index (χ2n) is 4.94. The van der Waals surface area contributed by atoms with Crippen LogP contribution >= 0.6 is 11.3 Å². The van der Waals surface area contributed by atoms with Crippen molar-refractivity contribution < 1.29 is 5.11 Å². The third-order valence-corrected chi connectivity index (χ3v) is 4.15. The molecule has 1 aromatic rings. The highest BCUT2D eigenvalue weighted by atomic mass is 32.1. The molecular formula is C13H22N2OS. The minimum atomic E-state index is -0.285. The molecule has 17 heavy (non-hydrogen) atoms. The summed E-state index contributed by atoms with van der Waals surface area (Å²) >= 11 is 1.73. The molecule has 4 heteroatoms. The second-order valence-corrected chi connectivity index (χ2v) is 5.88. The Kier molecular flexibility index (Phi) is 4.95. The lowest BCUT2D eigenvalue weighted by molar-refractivity contribution is 0.194. The molecule has 0 spiro atoms. The van der Waals surface area contributed by atoms with Crippen molar-refractivity contribution in [1.82, 2.24) is 9.88 Å². The molecular weight excluding hydrogens is 232 g/mol. The van der Waals surface area contributed by atoms with E-state index >= 15 is 0 Å². The Hall–Kier alpha value is -0.450. The molecule has 1 fully saturated rings. The highest BCUT2D eigenvalue weighted by Gasteiger charge is 2.11. The van der Waals surface area contributed by atoms with Crippen molar-refractivity contribution in [3.8, 4) is 0 Å². The fraction of sp³-hybridized carbons (Fsp3) is 0.769. The first-order valence-corrected chi connectivity index (χ1v) is 7.45. The average Bonchev–Trinajstić information content (AvgIpc) is 2.75. The van der Waals surface area contributed by atoms with E-state index in [1.165, 1.54) is 37.4 Å². The van der Waals surface area contributed by atoms with Gasteiger partial charge in [-0.2, -0.15) is 0 Å².